The lowest BCUT2D eigenvalue weighted by molar-refractivity contribution is 0.776. The molecule has 0 unspecified atom stereocenters. The van der Waals surface area contributed by atoms with Gasteiger partial charge in [0.25, 0.3) is 0 Å². The summed E-state index contributed by atoms with van der Waals surface area (Å²) in [6.07, 6.45) is 5.16. The predicted molar refractivity (Wildman–Crippen MR) is 107 cm³/mol. The molecule has 0 amide bonds. The van der Waals surface area contributed by atoms with Crippen LogP contribution in [0.5, 0.6) is 0 Å². The quantitative estimate of drug-likeness (QED) is 0.468. The van der Waals surface area contributed by atoms with Crippen LogP contribution in [0.4, 0.5) is 0 Å². The van der Waals surface area contributed by atoms with Crippen molar-refractivity contribution in [3.63, 3.8) is 0 Å². The van der Waals surface area contributed by atoms with Gasteiger partial charge in [0.15, 0.2) is 11.1 Å². The minimum Gasteiger partial charge on any atom is -0.334 e. The van der Waals surface area contributed by atoms with Crippen molar-refractivity contribution in [3.05, 3.63) is 68.5 Å². The molecule has 26 heavy (non-hydrogen) atoms. The SMILES string of the molecule is Cc1ccccc1-c1nc2c([nH]1)c(=N)ncn2Cc1c(Br)cncc1Br. The van der Waals surface area contributed by atoms with Crippen molar-refractivity contribution in [2.24, 2.45) is 0 Å². The van der Waals surface area contributed by atoms with Crippen molar-refractivity contribution in [1.29, 1.82) is 5.41 Å². The van der Waals surface area contributed by atoms with Gasteiger partial charge in [-0.25, -0.2) is 9.97 Å². The van der Waals surface area contributed by atoms with Gasteiger partial charge in [-0.3, -0.25) is 10.4 Å². The average Bonchev–Trinajstić information content (AvgIpc) is 3.07. The monoisotopic (exact) mass is 472 g/mol. The van der Waals surface area contributed by atoms with Gasteiger partial charge in [0.05, 0.1) is 12.9 Å². The van der Waals surface area contributed by atoms with Crippen molar-refractivity contribution in [3.8, 4) is 11.4 Å². The van der Waals surface area contributed by atoms with Crippen LogP contribution < -0.4 is 5.49 Å². The summed E-state index contributed by atoms with van der Waals surface area (Å²) in [5.41, 5.74) is 4.66. The third-order valence-corrected chi connectivity index (χ3v) is 5.57. The first-order valence-corrected chi connectivity index (χ1v) is 9.47. The molecule has 0 aliphatic carbocycles. The smallest absolute Gasteiger partial charge is 0.173 e. The van der Waals surface area contributed by atoms with Crippen LogP contribution in [-0.4, -0.2) is 24.5 Å². The number of aryl methyl sites for hydroxylation is 1. The molecule has 3 heterocycles. The number of rotatable bonds is 3. The summed E-state index contributed by atoms with van der Waals surface area (Å²) in [6, 6.07) is 8.04. The molecule has 6 nitrogen and oxygen atoms in total. The summed E-state index contributed by atoms with van der Waals surface area (Å²) >= 11 is 7.09. The maximum Gasteiger partial charge on any atom is 0.173 e. The van der Waals surface area contributed by atoms with E-state index in [-0.39, 0.29) is 5.49 Å². The van der Waals surface area contributed by atoms with E-state index in [2.05, 4.69) is 46.8 Å². The first-order valence-electron chi connectivity index (χ1n) is 7.88. The van der Waals surface area contributed by atoms with Crippen molar-refractivity contribution in [2.45, 2.75) is 13.5 Å². The van der Waals surface area contributed by atoms with E-state index in [1.165, 1.54) is 0 Å². The zero-order valence-corrected chi connectivity index (χ0v) is 17.0. The molecule has 130 valence electrons. The second kappa shape index (κ2) is 6.77. The van der Waals surface area contributed by atoms with E-state index in [0.717, 1.165) is 31.5 Å². The number of nitrogens with zero attached hydrogens (tertiary/aromatic N) is 4. The number of H-pyrrole nitrogens is 1. The molecule has 0 saturated heterocycles. The normalized spacial score (nSPS) is 11.2. The van der Waals surface area contributed by atoms with Gasteiger partial charge in [-0.05, 0) is 44.3 Å². The Hall–Kier alpha value is -2.32. The Labute approximate surface area is 166 Å². The second-order valence-electron chi connectivity index (χ2n) is 5.90. The van der Waals surface area contributed by atoms with E-state index in [1.807, 2.05) is 35.8 Å². The van der Waals surface area contributed by atoms with Crippen LogP contribution in [0, 0.1) is 12.3 Å². The minimum atomic E-state index is 0.177. The van der Waals surface area contributed by atoms with Crippen LogP contribution in [0.3, 0.4) is 0 Å². The number of imidazole rings is 1. The highest BCUT2D eigenvalue weighted by Crippen LogP contribution is 2.26. The van der Waals surface area contributed by atoms with Crippen LogP contribution in [0.2, 0.25) is 0 Å². The number of aromatic nitrogens is 5. The van der Waals surface area contributed by atoms with E-state index in [9.17, 15) is 0 Å². The minimum absolute atomic E-state index is 0.177. The first-order chi connectivity index (χ1) is 12.5. The Kier molecular flexibility index (Phi) is 4.46. The number of halogens is 2. The highest BCUT2D eigenvalue weighted by atomic mass is 79.9. The zero-order chi connectivity index (χ0) is 18.3. The summed E-state index contributed by atoms with van der Waals surface area (Å²) in [5, 5.41) is 8.13. The Balaban J connectivity index is 1.88. The molecule has 2 N–H and O–H groups in total. The van der Waals surface area contributed by atoms with Gasteiger partial charge >= 0.3 is 0 Å². The fraction of sp³-hybridized carbons (Fsp3) is 0.111. The maximum atomic E-state index is 8.13. The van der Waals surface area contributed by atoms with Crippen molar-refractivity contribution >= 4 is 43.0 Å². The number of benzene rings is 1. The largest absolute Gasteiger partial charge is 0.334 e. The van der Waals surface area contributed by atoms with Gasteiger partial charge in [0.2, 0.25) is 0 Å². The molecule has 3 aromatic heterocycles. The molecule has 0 saturated carbocycles. The Morgan fingerprint density at radius 2 is 1.88 bits per heavy atom. The zero-order valence-electron chi connectivity index (χ0n) is 13.8. The van der Waals surface area contributed by atoms with Gasteiger partial charge in [0, 0.05) is 32.5 Å². The molecule has 0 fully saturated rings. The number of nitrogens with one attached hydrogen (secondary N) is 2. The number of hydrogen-bond acceptors (Lipinski definition) is 4. The van der Waals surface area contributed by atoms with Crippen LogP contribution in [-0.2, 0) is 6.54 Å². The molecule has 8 heteroatoms. The van der Waals surface area contributed by atoms with E-state index in [4.69, 9.17) is 10.4 Å². The van der Waals surface area contributed by atoms with Gasteiger partial charge in [-0.2, -0.15) is 0 Å². The van der Waals surface area contributed by atoms with Crippen molar-refractivity contribution in [2.75, 3.05) is 0 Å². The third-order valence-electron chi connectivity index (χ3n) is 4.20. The highest BCUT2D eigenvalue weighted by Gasteiger charge is 2.14. The topological polar surface area (TPSA) is 83.2 Å². The summed E-state index contributed by atoms with van der Waals surface area (Å²) in [7, 11) is 0. The summed E-state index contributed by atoms with van der Waals surface area (Å²) < 4.78 is 3.73. The molecule has 0 bridgehead atoms. The fourth-order valence-corrected chi connectivity index (χ4v) is 4.01. The molecule has 0 radical (unpaired) electrons. The molecular weight excluding hydrogens is 460 g/mol. The van der Waals surface area contributed by atoms with Crippen LogP contribution in [0.15, 0.2) is 51.9 Å². The molecule has 4 aromatic rings. The lowest BCUT2D eigenvalue weighted by Crippen LogP contribution is -2.13. The Bertz CT molecular complexity index is 1160. The van der Waals surface area contributed by atoms with E-state index >= 15 is 0 Å². The van der Waals surface area contributed by atoms with Crippen molar-refractivity contribution in [1.82, 2.24) is 24.5 Å². The number of aromatic amines is 1. The van der Waals surface area contributed by atoms with Crippen molar-refractivity contribution < 1.29 is 0 Å². The van der Waals surface area contributed by atoms with Crippen LogP contribution >= 0.6 is 31.9 Å². The van der Waals surface area contributed by atoms with Crippen LogP contribution in [0.25, 0.3) is 22.6 Å². The predicted octanol–water partition coefficient (Wildman–Crippen LogP) is 4.18. The van der Waals surface area contributed by atoms with Gasteiger partial charge < -0.3 is 9.55 Å². The maximum absolute atomic E-state index is 8.13. The lowest BCUT2D eigenvalue weighted by atomic mass is 10.1. The number of fused-ring (bicyclic) bond motifs is 1. The molecule has 0 spiro atoms. The molecule has 0 aliphatic heterocycles. The van der Waals surface area contributed by atoms with E-state index in [0.29, 0.717) is 17.7 Å². The average molecular weight is 474 g/mol. The molecular formula is C18H14Br2N6. The fourth-order valence-electron chi connectivity index (χ4n) is 2.82. The molecule has 0 aliphatic rings. The lowest BCUT2D eigenvalue weighted by Gasteiger charge is -2.10. The first kappa shape index (κ1) is 17.1. The van der Waals surface area contributed by atoms with Gasteiger partial charge in [-0.15, -0.1) is 0 Å². The number of hydrogen-bond donors (Lipinski definition) is 2. The molecule has 1 aromatic carbocycles. The summed E-state index contributed by atoms with van der Waals surface area (Å²) in [6.45, 7) is 2.59. The summed E-state index contributed by atoms with van der Waals surface area (Å²) in [4.78, 5) is 16.4. The highest BCUT2D eigenvalue weighted by molar-refractivity contribution is 9.11. The van der Waals surface area contributed by atoms with E-state index in [1.54, 1.807) is 18.7 Å². The summed E-state index contributed by atoms with van der Waals surface area (Å²) in [5.74, 6) is 0.737. The van der Waals surface area contributed by atoms with E-state index < -0.39 is 0 Å². The van der Waals surface area contributed by atoms with Gasteiger partial charge in [-0.1, -0.05) is 24.3 Å². The number of pyridine rings is 1. The standard InChI is InChI=1S/C18H14Br2N6/c1-10-4-2-3-5-11(10)17-24-15-16(21)23-9-26(18(15)25-17)8-12-13(19)6-22-7-14(12)20/h2-7,9,21H,8H2,1H3,(H,24,25). The molecule has 0 atom stereocenters. The van der Waals surface area contributed by atoms with Gasteiger partial charge in [0.1, 0.15) is 11.3 Å². The van der Waals surface area contributed by atoms with Crippen LogP contribution in [0.1, 0.15) is 11.1 Å². The third kappa shape index (κ3) is 2.99. The Morgan fingerprint density at radius 1 is 1.15 bits per heavy atom. The molecule has 4 rings (SSSR count). The Morgan fingerprint density at radius 3 is 2.62 bits per heavy atom. The second-order valence-corrected chi connectivity index (χ2v) is 7.61.